The molecule has 0 fully saturated rings. The lowest BCUT2D eigenvalue weighted by atomic mass is 10.1. The summed E-state index contributed by atoms with van der Waals surface area (Å²) in [6, 6.07) is 0. The van der Waals surface area contributed by atoms with Gasteiger partial charge in [-0.3, -0.25) is 5.04 Å². The van der Waals surface area contributed by atoms with Gasteiger partial charge in [-0.1, -0.05) is 14.4 Å². The lowest BCUT2D eigenvalue weighted by Gasteiger charge is -2.19. The molecular formula is C6H15O3S-. The van der Waals surface area contributed by atoms with Gasteiger partial charge < -0.3 is 5.26 Å². The van der Waals surface area contributed by atoms with Crippen LogP contribution in [0.1, 0.15) is 34.6 Å². The minimum Gasteiger partial charge on any atom is -0.691 e. The number of hydrogen-bond acceptors (Lipinski definition) is 4. The predicted octanol–water partition coefficient (Wildman–Crippen LogP) is 1.68. The van der Waals surface area contributed by atoms with E-state index < -0.39 is 0 Å². The zero-order valence-corrected chi connectivity index (χ0v) is 6.66. The fourth-order valence-corrected chi connectivity index (χ4v) is 0.495. The summed E-state index contributed by atoms with van der Waals surface area (Å²) in [6.07, 6.45) is 0.932. The topological polar surface area (TPSA) is 41.5 Å². The first kappa shape index (κ1) is 12.9. The molecule has 0 aromatic carbocycles. The van der Waals surface area contributed by atoms with Gasteiger partial charge in [0, 0.05) is 16.8 Å². The summed E-state index contributed by atoms with van der Waals surface area (Å²) in [5, 5.41) is 12.5. The third kappa shape index (κ3) is 6.35. The quantitative estimate of drug-likeness (QED) is 0.363. The van der Waals surface area contributed by atoms with Crippen molar-refractivity contribution in [2.24, 2.45) is 0 Å². The van der Waals surface area contributed by atoms with Gasteiger partial charge in [0.25, 0.3) is 0 Å². The monoisotopic (exact) mass is 167 g/mol. The van der Waals surface area contributed by atoms with Gasteiger partial charge in [0.15, 0.2) is 0 Å². The van der Waals surface area contributed by atoms with Gasteiger partial charge in [0.2, 0.25) is 0 Å². The van der Waals surface area contributed by atoms with Crippen LogP contribution in [0.4, 0.5) is 0 Å². The van der Waals surface area contributed by atoms with E-state index in [2.05, 4.69) is 9.37 Å². The largest absolute Gasteiger partial charge is 0.691 e. The molecule has 4 heteroatoms. The summed E-state index contributed by atoms with van der Waals surface area (Å²) in [7, 11) is 0. The summed E-state index contributed by atoms with van der Waals surface area (Å²) in [6.45, 7) is 5.95. The van der Waals surface area contributed by atoms with Crippen molar-refractivity contribution in [2.45, 2.75) is 39.4 Å². The molecular weight excluding hydrogens is 152 g/mol. The number of hydrogen-bond donors (Lipinski definition) is 0. The fourth-order valence-electron chi connectivity index (χ4n) is 0.165. The molecule has 0 rings (SSSR count). The molecule has 0 radical (unpaired) electrons. The summed E-state index contributed by atoms with van der Waals surface area (Å²) in [5.74, 6) is 0. The van der Waals surface area contributed by atoms with E-state index in [0.717, 1.165) is 18.5 Å². The van der Waals surface area contributed by atoms with Crippen molar-refractivity contribution in [3.8, 4) is 0 Å². The minimum absolute atomic E-state index is 0. The Morgan fingerprint density at radius 2 is 2.00 bits per heavy atom. The van der Waals surface area contributed by atoms with Crippen LogP contribution in [-0.2, 0) is 9.37 Å². The molecule has 0 atom stereocenters. The van der Waals surface area contributed by atoms with Gasteiger partial charge in [-0.15, -0.1) is 0 Å². The Kier molecular flexibility index (Phi) is 7.69. The van der Waals surface area contributed by atoms with Gasteiger partial charge in [-0.2, -0.15) is 4.33 Å². The van der Waals surface area contributed by atoms with Crippen LogP contribution in [0.3, 0.4) is 0 Å². The normalized spacial score (nSPS) is 10.8. The van der Waals surface area contributed by atoms with Crippen LogP contribution >= 0.6 is 12.0 Å². The Balaban J connectivity index is 0. The Morgan fingerprint density at radius 1 is 1.50 bits per heavy atom. The average molecular weight is 167 g/mol. The maximum Gasteiger partial charge on any atom is 0.0395 e. The molecule has 0 aliphatic rings. The molecule has 0 heterocycles. The molecule has 3 nitrogen and oxygen atoms in total. The zero-order valence-electron chi connectivity index (χ0n) is 5.84. The molecule has 0 aromatic heterocycles. The SMILES string of the molecule is C.CCC(C)(C)SOO[O-]. The highest BCUT2D eigenvalue weighted by Gasteiger charge is 2.16. The van der Waals surface area contributed by atoms with Crippen molar-refractivity contribution in [1.82, 2.24) is 0 Å². The summed E-state index contributed by atoms with van der Waals surface area (Å²) in [5.41, 5.74) is 0. The second kappa shape index (κ2) is 5.97. The summed E-state index contributed by atoms with van der Waals surface area (Å²) >= 11 is 1.04. The van der Waals surface area contributed by atoms with Crippen molar-refractivity contribution in [3.63, 3.8) is 0 Å². The van der Waals surface area contributed by atoms with Gasteiger partial charge in [0.1, 0.15) is 0 Å². The van der Waals surface area contributed by atoms with E-state index in [-0.39, 0.29) is 12.2 Å². The van der Waals surface area contributed by atoms with Crippen LogP contribution < -0.4 is 5.26 Å². The second-order valence-electron chi connectivity index (χ2n) is 2.33. The number of rotatable bonds is 4. The molecule has 0 saturated heterocycles. The van der Waals surface area contributed by atoms with Crippen molar-refractivity contribution >= 4 is 12.0 Å². The Labute approximate surface area is 66.8 Å². The lowest BCUT2D eigenvalue weighted by molar-refractivity contribution is -0.777. The van der Waals surface area contributed by atoms with Crippen molar-refractivity contribution in [2.75, 3.05) is 0 Å². The van der Waals surface area contributed by atoms with E-state index in [9.17, 15) is 5.26 Å². The Hall–Kier alpha value is 0.230. The fraction of sp³-hybridized carbons (Fsp3) is 1.00. The lowest BCUT2D eigenvalue weighted by Crippen LogP contribution is -2.15. The first-order valence-corrected chi connectivity index (χ1v) is 3.51. The van der Waals surface area contributed by atoms with E-state index in [4.69, 9.17) is 0 Å². The van der Waals surface area contributed by atoms with Gasteiger partial charge in [0.05, 0.1) is 0 Å². The smallest absolute Gasteiger partial charge is 0.0395 e. The van der Waals surface area contributed by atoms with E-state index in [1.165, 1.54) is 0 Å². The van der Waals surface area contributed by atoms with Crippen molar-refractivity contribution < 1.29 is 14.6 Å². The van der Waals surface area contributed by atoms with Crippen LogP contribution in [0.15, 0.2) is 0 Å². The van der Waals surface area contributed by atoms with Crippen LogP contribution in [0.25, 0.3) is 0 Å². The predicted molar refractivity (Wildman–Crippen MR) is 40.9 cm³/mol. The van der Waals surface area contributed by atoms with Crippen molar-refractivity contribution in [1.29, 1.82) is 0 Å². The second-order valence-corrected chi connectivity index (χ2v) is 3.74. The highest BCUT2D eigenvalue weighted by Crippen LogP contribution is 2.27. The molecule has 0 bridgehead atoms. The standard InChI is InChI=1S/C5H12O3S.CH4/c1-4-5(2,3)9-8-7-6;/h6H,4H2,1-3H3;1H4/p-1. The van der Waals surface area contributed by atoms with E-state index in [1.54, 1.807) is 0 Å². The zero-order chi connectivity index (χ0) is 7.33. The first-order valence-electron chi connectivity index (χ1n) is 2.76. The van der Waals surface area contributed by atoms with E-state index in [0.29, 0.717) is 0 Å². The first-order chi connectivity index (χ1) is 4.12. The highest BCUT2D eigenvalue weighted by atomic mass is 32.2. The van der Waals surface area contributed by atoms with Crippen LogP contribution in [0, 0.1) is 0 Å². The Bertz CT molecular complexity index is 75.4. The average Bonchev–Trinajstić information content (AvgIpc) is 1.84. The van der Waals surface area contributed by atoms with Crippen molar-refractivity contribution in [3.05, 3.63) is 0 Å². The van der Waals surface area contributed by atoms with E-state index >= 15 is 0 Å². The van der Waals surface area contributed by atoms with Gasteiger partial charge in [-0.05, 0) is 20.3 Å². The highest BCUT2D eigenvalue weighted by molar-refractivity contribution is 7.95. The molecule has 10 heavy (non-hydrogen) atoms. The molecule has 0 spiro atoms. The molecule has 0 aliphatic heterocycles. The maximum absolute atomic E-state index is 9.35. The molecule has 0 N–H and O–H groups in total. The molecule has 0 aliphatic carbocycles. The van der Waals surface area contributed by atoms with E-state index in [1.807, 2.05) is 20.8 Å². The molecule has 0 aromatic rings. The van der Waals surface area contributed by atoms with Crippen LogP contribution in [0.5, 0.6) is 0 Å². The molecule has 64 valence electrons. The van der Waals surface area contributed by atoms with Crippen LogP contribution in [0.2, 0.25) is 0 Å². The third-order valence-corrected chi connectivity index (χ3v) is 2.00. The molecule has 0 unspecified atom stereocenters. The maximum atomic E-state index is 9.35. The van der Waals surface area contributed by atoms with Gasteiger partial charge in [-0.25, -0.2) is 0 Å². The minimum atomic E-state index is -0.0373. The molecule has 0 amide bonds. The van der Waals surface area contributed by atoms with Crippen LogP contribution in [-0.4, -0.2) is 4.75 Å². The summed E-state index contributed by atoms with van der Waals surface area (Å²) < 4.78 is 4.11. The molecule has 0 saturated carbocycles. The third-order valence-electron chi connectivity index (χ3n) is 1.14. The van der Waals surface area contributed by atoms with Gasteiger partial charge >= 0.3 is 0 Å². The Morgan fingerprint density at radius 3 is 2.30 bits per heavy atom. The summed E-state index contributed by atoms with van der Waals surface area (Å²) in [4.78, 5) is 0.